The van der Waals surface area contributed by atoms with Gasteiger partial charge in [0.2, 0.25) is 0 Å². The van der Waals surface area contributed by atoms with Crippen LogP contribution in [0.3, 0.4) is 0 Å². The highest BCUT2D eigenvalue weighted by Gasteiger charge is 2.16. The zero-order valence-electron chi connectivity index (χ0n) is 14.9. The Kier molecular flexibility index (Phi) is 4.51. The van der Waals surface area contributed by atoms with Crippen LogP contribution in [0, 0.1) is 0 Å². The fourth-order valence-electron chi connectivity index (χ4n) is 2.87. The van der Waals surface area contributed by atoms with Gasteiger partial charge in [0, 0.05) is 17.4 Å². The van der Waals surface area contributed by atoms with Gasteiger partial charge < -0.3 is 16.2 Å². The second-order valence-electron chi connectivity index (χ2n) is 6.23. The van der Waals surface area contributed by atoms with Gasteiger partial charge in [-0.05, 0) is 54.6 Å². The number of benzene rings is 3. The summed E-state index contributed by atoms with van der Waals surface area (Å²) in [6.07, 6.45) is 1.61. The number of ether oxygens (including phenoxy) is 1. The Hall–Kier alpha value is -4.06. The molecule has 0 saturated carbocycles. The number of amides is 1. The van der Waals surface area contributed by atoms with E-state index in [2.05, 4.69) is 5.10 Å². The Bertz CT molecular complexity index is 1120. The monoisotopic (exact) mass is 370 g/mol. The Morgan fingerprint density at radius 3 is 2.29 bits per heavy atom. The van der Waals surface area contributed by atoms with Crippen LogP contribution in [0.1, 0.15) is 10.4 Å². The number of nitrogen functional groups attached to an aromatic ring is 1. The number of nitrogens with two attached hydrogens (primary N) is 2. The van der Waals surface area contributed by atoms with Crippen molar-refractivity contribution in [2.24, 2.45) is 5.73 Å². The maximum atomic E-state index is 11.9. The molecule has 0 aliphatic heterocycles. The van der Waals surface area contributed by atoms with E-state index in [0.717, 1.165) is 17.0 Å². The molecule has 0 unspecified atom stereocenters. The lowest BCUT2D eigenvalue weighted by molar-refractivity contribution is 0.100. The lowest BCUT2D eigenvalue weighted by Crippen LogP contribution is -2.11. The molecule has 0 atom stereocenters. The number of carbonyl (C=O) groups is 1. The van der Waals surface area contributed by atoms with Gasteiger partial charge in [0.1, 0.15) is 17.2 Å². The average molecular weight is 370 g/mol. The van der Waals surface area contributed by atoms with Crippen LogP contribution < -0.4 is 16.2 Å². The van der Waals surface area contributed by atoms with Gasteiger partial charge in [-0.25, -0.2) is 4.68 Å². The minimum absolute atomic E-state index is 0.333. The molecule has 0 aliphatic carbocycles. The maximum absolute atomic E-state index is 11.9. The first-order valence-electron chi connectivity index (χ1n) is 8.69. The summed E-state index contributed by atoms with van der Waals surface area (Å²) in [6, 6.07) is 24.1. The normalized spacial score (nSPS) is 10.6. The van der Waals surface area contributed by atoms with Gasteiger partial charge in [0.25, 0.3) is 5.91 Å². The first-order chi connectivity index (χ1) is 13.6. The van der Waals surface area contributed by atoms with Crippen LogP contribution in [0.25, 0.3) is 16.9 Å². The summed E-state index contributed by atoms with van der Waals surface area (Å²) in [5, 5.41) is 4.55. The second kappa shape index (κ2) is 7.28. The first kappa shape index (κ1) is 17.4. The number of rotatable bonds is 5. The summed E-state index contributed by atoms with van der Waals surface area (Å²) in [5.41, 5.74) is 14.4. The van der Waals surface area contributed by atoms with E-state index in [1.54, 1.807) is 23.0 Å². The molecule has 1 aromatic heterocycles. The number of para-hydroxylation sites is 1. The zero-order valence-corrected chi connectivity index (χ0v) is 14.9. The molecule has 4 N–H and O–H groups in total. The first-order valence-corrected chi connectivity index (χ1v) is 8.69. The molecule has 0 fully saturated rings. The molecule has 138 valence electrons. The third-order valence-electron chi connectivity index (χ3n) is 4.22. The zero-order chi connectivity index (χ0) is 19.5. The van der Waals surface area contributed by atoms with Gasteiger partial charge in [0.15, 0.2) is 0 Å². The molecule has 4 rings (SSSR count). The third kappa shape index (κ3) is 3.57. The summed E-state index contributed by atoms with van der Waals surface area (Å²) >= 11 is 0. The van der Waals surface area contributed by atoms with Crippen molar-refractivity contribution in [3.05, 3.63) is 90.6 Å². The third-order valence-corrected chi connectivity index (χ3v) is 4.22. The fourth-order valence-corrected chi connectivity index (χ4v) is 2.87. The van der Waals surface area contributed by atoms with Crippen LogP contribution >= 0.6 is 0 Å². The molecular weight excluding hydrogens is 352 g/mol. The van der Waals surface area contributed by atoms with Gasteiger partial charge in [-0.1, -0.05) is 24.3 Å². The molecule has 0 saturated heterocycles. The van der Waals surface area contributed by atoms with Crippen molar-refractivity contribution in [2.45, 2.75) is 0 Å². The molecule has 1 amide bonds. The van der Waals surface area contributed by atoms with E-state index in [9.17, 15) is 4.79 Å². The van der Waals surface area contributed by atoms with E-state index in [4.69, 9.17) is 16.2 Å². The number of aromatic nitrogens is 2. The van der Waals surface area contributed by atoms with Crippen LogP contribution in [-0.4, -0.2) is 15.7 Å². The summed E-state index contributed by atoms with van der Waals surface area (Å²) in [7, 11) is 0. The molecule has 0 spiro atoms. The molecule has 6 nitrogen and oxygen atoms in total. The largest absolute Gasteiger partial charge is 0.457 e. The average Bonchev–Trinajstić information content (AvgIpc) is 3.15. The lowest BCUT2D eigenvalue weighted by Gasteiger charge is -2.06. The smallest absolute Gasteiger partial charge is 0.252 e. The topological polar surface area (TPSA) is 96.2 Å². The van der Waals surface area contributed by atoms with Crippen molar-refractivity contribution in [1.29, 1.82) is 0 Å². The highest BCUT2D eigenvalue weighted by atomic mass is 16.5. The SMILES string of the molecule is NC(=O)c1cn(-c2cccc(N)c2)nc1-c1ccc(Oc2ccccc2)cc1. The van der Waals surface area contributed by atoms with E-state index in [0.29, 0.717) is 22.7 Å². The second-order valence-corrected chi connectivity index (χ2v) is 6.23. The molecule has 4 aromatic rings. The van der Waals surface area contributed by atoms with Crippen molar-refractivity contribution >= 4 is 11.6 Å². The molecule has 0 bridgehead atoms. The quantitative estimate of drug-likeness (QED) is 0.519. The Balaban J connectivity index is 1.67. The molecule has 0 radical (unpaired) electrons. The van der Waals surface area contributed by atoms with Crippen LogP contribution in [0.15, 0.2) is 85.1 Å². The standard InChI is InChI=1S/C22H18N4O2/c23-16-5-4-6-17(13-16)26-14-20(22(24)27)21(25-26)15-9-11-19(12-10-15)28-18-7-2-1-3-8-18/h1-14H,23H2,(H2,24,27). The van der Waals surface area contributed by atoms with E-state index in [1.165, 1.54) is 0 Å². The Morgan fingerprint density at radius 1 is 0.893 bits per heavy atom. The predicted molar refractivity (Wildman–Crippen MR) is 108 cm³/mol. The molecule has 0 aliphatic rings. The van der Waals surface area contributed by atoms with E-state index >= 15 is 0 Å². The lowest BCUT2D eigenvalue weighted by atomic mass is 10.1. The molecule has 1 heterocycles. The van der Waals surface area contributed by atoms with Crippen molar-refractivity contribution in [1.82, 2.24) is 9.78 Å². The predicted octanol–water partition coefficient (Wildman–Crippen LogP) is 4.01. The molecule has 28 heavy (non-hydrogen) atoms. The van der Waals surface area contributed by atoms with Gasteiger partial charge in [-0.2, -0.15) is 5.10 Å². The Morgan fingerprint density at radius 2 is 1.61 bits per heavy atom. The minimum Gasteiger partial charge on any atom is -0.457 e. The van der Waals surface area contributed by atoms with Gasteiger partial charge >= 0.3 is 0 Å². The number of hydrogen-bond donors (Lipinski definition) is 2. The fraction of sp³-hybridized carbons (Fsp3) is 0. The number of nitrogens with zero attached hydrogens (tertiary/aromatic N) is 2. The number of hydrogen-bond acceptors (Lipinski definition) is 4. The van der Waals surface area contributed by atoms with Gasteiger partial charge in [-0.15, -0.1) is 0 Å². The summed E-state index contributed by atoms with van der Waals surface area (Å²) in [6.45, 7) is 0. The van der Waals surface area contributed by atoms with E-state index < -0.39 is 5.91 Å². The Labute approximate surface area is 162 Å². The summed E-state index contributed by atoms with van der Waals surface area (Å²) in [4.78, 5) is 11.9. The minimum atomic E-state index is -0.547. The highest BCUT2D eigenvalue weighted by molar-refractivity contribution is 5.98. The number of carbonyl (C=O) groups excluding carboxylic acids is 1. The van der Waals surface area contributed by atoms with E-state index in [-0.39, 0.29) is 0 Å². The van der Waals surface area contributed by atoms with Crippen molar-refractivity contribution in [3.63, 3.8) is 0 Å². The van der Waals surface area contributed by atoms with E-state index in [1.807, 2.05) is 66.7 Å². The number of anilines is 1. The van der Waals surface area contributed by atoms with Crippen molar-refractivity contribution < 1.29 is 9.53 Å². The molecule has 3 aromatic carbocycles. The van der Waals surface area contributed by atoms with Crippen LogP contribution in [0.5, 0.6) is 11.5 Å². The van der Waals surface area contributed by atoms with Crippen molar-refractivity contribution in [2.75, 3.05) is 5.73 Å². The summed E-state index contributed by atoms with van der Waals surface area (Å²) in [5.74, 6) is 0.889. The summed E-state index contributed by atoms with van der Waals surface area (Å²) < 4.78 is 7.40. The van der Waals surface area contributed by atoms with Crippen LogP contribution in [-0.2, 0) is 0 Å². The van der Waals surface area contributed by atoms with Crippen molar-refractivity contribution in [3.8, 4) is 28.4 Å². The maximum Gasteiger partial charge on any atom is 0.252 e. The molecular formula is C22H18N4O2. The van der Waals surface area contributed by atoms with Gasteiger partial charge in [0.05, 0.1) is 11.3 Å². The van der Waals surface area contributed by atoms with Gasteiger partial charge in [-0.3, -0.25) is 4.79 Å². The van der Waals surface area contributed by atoms with Crippen LogP contribution in [0.2, 0.25) is 0 Å². The number of primary amides is 1. The van der Waals surface area contributed by atoms with Crippen LogP contribution in [0.4, 0.5) is 5.69 Å². The molecule has 6 heteroatoms. The highest BCUT2D eigenvalue weighted by Crippen LogP contribution is 2.28.